The molecule has 4 atom stereocenters. The van der Waals surface area contributed by atoms with E-state index in [1.807, 2.05) is 6.07 Å². The fourth-order valence-corrected chi connectivity index (χ4v) is 6.74. The third kappa shape index (κ3) is 5.22. The van der Waals surface area contributed by atoms with Crippen LogP contribution in [0.4, 0.5) is 0 Å². The minimum atomic E-state index is -0.730. The Morgan fingerprint density at radius 1 is 1.17 bits per heavy atom. The van der Waals surface area contributed by atoms with Crippen molar-refractivity contribution in [2.45, 2.75) is 57.4 Å². The Labute approximate surface area is 186 Å². The SMILES string of the molecule is O=C(O)CCC/C=C/CC1C2CCC(C2)C1NC(=O)c1ccc(Cc2ccsc2)s1. The Hall–Kier alpha value is -1.92. The minimum absolute atomic E-state index is 0.0737. The van der Waals surface area contributed by atoms with Crippen molar-refractivity contribution in [1.82, 2.24) is 5.32 Å². The van der Waals surface area contributed by atoms with Crippen LogP contribution in [-0.4, -0.2) is 23.0 Å². The number of fused-ring (bicyclic) bond motifs is 2. The zero-order valence-electron chi connectivity index (χ0n) is 17.1. The van der Waals surface area contributed by atoms with E-state index >= 15 is 0 Å². The molecule has 0 aliphatic heterocycles. The number of hydrogen-bond donors (Lipinski definition) is 2. The lowest BCUT2D eigenvalue weighted by molar-refractivity contribution is -0.137. The van der Waals surface area contributed by atoms with Gasteiger partial charge in [0.15, 0.2) is 0 Å². The van der Waals surface area contributed by atoms with E-state index in [0.29, 0.717) is 24.2 Å². The molecule has 0 radical (unpaired) electrons. The first kappa shape index (κ1) is 21.3. The molecule has 4 rings (SSSR count). The van der Waals surface area contributed by atoms with Gasteiger partial charge in [-0.2, -0.15) is 11.3 Å². The maximum Gasteiger partial charge on any atom is 0.303 e. The van der Waals surface area contributed by atoms with Crippen molar-refractivity contribution in [3.05, 3.63) is 56.4 Å². The van der Waals surface area contributed by atoms with E-state index in [9.17, 15) is 9.59 Å². The monoisotopic (exact) mass is 443 g/mol. The van der Waals surface area contributed by atoms with Gasteiger partial charge in [-0.15, -0.1) is 11.3 Å². The van der Waals surface area contributed by atoms with Crippen LogP contribution in [0.1, 0.15) is 65.1 Å². The number of carboxylic acid groups (broad SMARTS) is 1. The molecule has 2 N–H and O–H groups in total. The summed E-state index contributed by atoms with van der Waals surface area (Å²) in [5.74, 6) is 1.17. The quantitative estimate of drug-likeness (QED) is 0.363. The summed E-state index contributed by atoms with van der Waals surface area (Å²) in [6.45, 7) is 0. The highest BCUT2D eigenvalue weighted by molar-refractivity contribution is 7.14. The van der Waals surface area contributed by atoms with E-state index in [4.69, 9.17) is 5.11 Å². The number of aliphatic carboxylic acids is 1. The lowest BCUT2D eigenvalue weighted by atomic mass is 9.82. The number of rotatable bonds is 10. The number of hydrogen-bond acceptors (Lipinski definition) is 4. The first-order valence-corrected chi connectivity index (χ1v) is 12.6. The second-order valence-corrected chi connectivity index (χ2v) is 10.5. The molecular formula is C24H29NO3S2. The average Bonchev–Trinajstić information content (AvgIpc) is 3.50. The van der Waals surface area contributed by atoms with Crippen LogP contribution in [0.5, 0.6) is 0 Å². The summed E-state index contributed by atoms with van der Waals surface area (Å²) < 4.78 is 0. The molecule has 0 aromatic carbocycles. The Bertz CT molecular complexity index is 886. The van der Waals surface area contributed by atoms with Gasteiger partial charge in [0.1, 0.15) is 0 Å². The number of thiophene rings is 2. The largest absolute Gasteiger partial charge is 0.481 e. The summed E-state index contributed by atoms with van der Waals surface area (Å²) in [5.41, 5.74) is 1.30. The van der Waals surface area contributed by atoms with Crippen molar-refractivity contribution in [2.75, 3.05) is 0 Å². The van der Waals surface area contributed by atoms with Crippen molar-refractivity contribution in [2.24, 2.45) is 17.8 Å². The molecule has 160 valence electrons. The molecule has 2 aromatic rings. The van der Waals surface area contributed by atoms with Crippen molar-refractivity contribution >= 4 is 34.6 Å². The fraction of sp³-hybridized carbons (Fsp3) is 0.500. The topological polar surface area (TPSA) is 66.4 Å². The first-order chi connectivity index (χ1) is 14.6. The third-order valence-corrected chi connectivity index (χ3v) is 8.38. The molecule has 4 unspecified atom stereocenters. The van der Waals surface area contributed by atoms with Gasteiger partial charge in [0, 0.05) is 23.8 Å². The fourth-order valence-electron chi connectivity index (χ4n) is 5.13. The van der Waals surface area contributed by atoms with Crippen LogP contribution in [0.15, 0.2) is 41.1 Å². The number of carboxylic acids is 1. The summed E-state index contributed by atoms with van der Waals surface area (Å²) >= 11 is 3.31. The molecule has 6 heteroatoms. The van der Waals surface area contributed by atoms with Gasteiger partial charge < -0.3 is 10.4 Å². The van der Waals surface area contributed by atoms with E-state index < -0.39 is 5.97 Å². The van der Waals surface area contributed by atoms with Gasteiger partial charge >= 0.3 is 5.97 Å². The summed E-state index contributed by atoms with van der Waals surface area (Å²) in [6.07, 6.45) is 11.7. The molecule has 30 heavy (non-hydrogen) atoms. The van der Waals surface area contributed by atoms with Crippen molar-refractivity contribution in [3.8, 4) is 0 Å². The number of unbranched alkanes of at least 4 members (excludes halogenated alkanes) is 1. The molecule has 1 amide bonds. The highest BCUT2D eigenvalue weighted by Gasteiger charge is 2.47. The van der Waals surface area contributed by atoms with Crippen LogP contribution in [0.3, 0.4) is 0 Å². The third-order valence-electron chi connectivity index (χ3n) is 6.57. The molecule has 2 aliphatic rings. The molecule has 2 bridgehead atoms. The Balaban J connectivity index is 1.32. The lowest BCUT2D eigenvalue weighted by Gasteiger charge is -2.31. The molecule has 4 nitrogen and oxygen atoms in total. The molecule has 2 aliphatic carbocycles. The number of carbonyl (C=O) groups excluding carboxylic acids is 1. The van der Waals surface area contributed by atoms with Crippen LogP contribution >= 0.6 is 22.7 Å². The van der Waals surface area contributed by atoms with Gasteiger partial charge in [-0.05, 0) is 90.8 Å². The van der Waals surface area contributed by atoms with E-state index in [1.54, 1.807) is 22.7 Å². The molecule has 0 saturated heterocycles. The standard InChI is InChI=1S/C24H29NO3S2/c26-22(27)6-4-2-1-3-5-20-17-7-8-18(14-17)23(20)25-24(28)21-10-9-19(30-21)13-16-11-12-29-15-16/h1,3,9-12,15,17-18,20,23H,2,4-8,13-14H2,(H,25,28)(H,26,27)/b3-1+. The second kappa shape index (κ2) is 9.92. The molecular weight excluding hydrogens is 414 g/mol. The number of allylic oxidation sites excluding steroid dienone is 2. The number of nitrogens with one attached hydrogen (secondary N) is 1. The van der Waals surface area contributed by atoms with Gasteiger partial charge in [-0.1, -0.05) is 12.2 Å². The molecule has 2 heterocycles. The lowest BCUT2D eigenvalue weighted by Crippen LogP contribution is -2.43. The number of amides is 1. The van der Waals surface area contributed by atoms with Gasteiger partial charge in [0.05, 0.1) is 4.88 Å². The first-order valence-electron chi connectivity index (χ1n) is 10.9. The summed E-state index contributed by atoms with van der Waals surface area (Å²) in [5, 5.41) is 16.4. The zero-order chi connectivity index (χ0) is 20.9. The Morgan fingerprint density at radius 2 is 2.03 bits per heavy atom. The minimum Gasteiger partial charge on any atom is -0.481 e. The van der Waals surface area contributed by atoms with Crippen molar-refractivity contribution in [3.63, 3.8) is 0 Å². The summed E-state index contributed by atoms with van der Waals surface area (Å²) in [4.78, 5) is 25.6. The average molecular weight is 444 g/mol. The van der Waals surface area contributed by atoms with E-state index in [-0.39, 0.29) is 18.4 Å². The summed E-state index contributed by atoms with van der Waals surface area (Å²) in [6, 6.07) is 6.45. The molecule has 2 fully saturated rings. The normalized spacial score (nSPS) is 25.2. The Morgan fingerprint density at radius 3 is 2.83 bits per heavy atom. The van der Waals surface area contributed by atoms with Crippen LogP contribution in [0.25, 0.3) is 0 Å². The highest BCUT2D eigenvalue weighted by atomic mass is 32.1. The predicted molar refractivity (Wildman–Crippen MR) is 122 cm³/mol. The van der Waals surface area contributed by atoms with Crippen LogP contribution < -0.4 is 5.32 Å². The highest BCUT2D eigenvalue weighted by Crippen LogP contribution is 2.50. The van der Waals surface area contributed by atoms with E-state index in [1.165, 1.54) is 29.7 Å². The maximum absolute atomic E-state index is 12.9. The van der Waals surface area contributed by atoms with Gasteiger partial charge in [-0.25, -0.2) is 0 Å². The smallest absolute Gasteiger partial charge is 0.303 e. The van der Waals surface area contributed by atoms with Gasteiger partial charge in [0.2, 0.25) is 0 Å². The predicted octanol–water partition coefficient (Wildman–Crippen LogP) is 5.75. The molecule has 2 aromatic heterocycles. The van der Waals surface area contributed by atoms with Crippen LogP contribution in [-0.2, 0) is 11.2 Å². The van der Waals surface area contributed by atoms with Gasteiger partial charge in [0.25, 0.3) is 5.91 Å². The number of carbonyl (C=O) groups is 2. The molecule has 0 spiro atoms. The van der Waals surface area contributed by atoms with Crippen molar-refractivity contribution < 1.29 is 14.7 Å². The maximum atomic E-state index is 12.9. The Kier molecular flexibility index (Phi) is 7.05. The van der Waals surface area contributed by atoms with E-state index in [2.05, 4.69) is 40.4 Å². The van der Waals surface area contributed by atoms with Crippen LogP contribution in [0.2, 0.25) is 0 Å². The summed E-state index contributed by atoms with van der Waals surface area (Å²) in [7, 11) is 0. The zero-order valence-corrected chi connectivity index (χ0v) is 18.7. The van der Waals surface area contributed by atoms with Crippen LogP contribution in [0, 0.1) is 17.8 Å². The van der Waals surface area contributed by atoms with Crippen molar-refractivity contribution in [1.29, 1.82) is 0 Å². The van der Waals surface area contributed by atoms with Gasteiger partial charge in [-0.3, -0.25) is 9.59 Å². The van der Waals surface area contributed by atoms with E-state index in [0.717, 1.165) is 24.1 Å². The second-order valence-electron chi connectivity index (χ2n) is 8.56. The molecule has 2 saturated carbocycles.